The van der Waals surface area contributed by atoms with Crippen LogP contribution in [0, 0.1) is 10.1 Å². The van der Waals surface area contributed by atoms with Gasteiger partial charge in [-0.1, -0.05) is 6.07 Å². The number of nitro groups is 1. The van der Waals surface area contributed by atoms with Crippen LogP contribution < -0.4 is 5.32 Å². The van der Waals surface area contributed by atoms with E-state index in [4.69, 9.17) is 5.11 Å². The van der Waals surface area contributed by atoms with Crippen molar-refractivity contribution >= 4 is 11.6 Å². The van der Waals surface area contributed by atoms with Gasteiger partial charge in [-0.3, -0.25) is 14.9 Å². The molecule has 86 valence electrons. The van der Waals surface area contributed by atoms with Gasteiger partial charge in [-0.15, -0.1) is 0 Å². The zero-order valence-corrected chi connectivity index (χ0v) is 8.71. The number of amides is 1. The van der Waals surface area contributed by atoms with Crippen LogP contribution in [0.25, 0.3) is 0 Å². The number of benzene rings is 1. The Morgan fingerprint density at radius 1 is 1.62 bits per heavy atom. The van der Waals surface area contributed by atoms with Gasteiger partial charge in [-0.05, 0) is 13.0 Å². The van der Waals surface area contributed by atoms with Crippen molar-refractivity contribution in [3.05, 3.63) is 39.9 Å². The maximum Gasteiger partial charge on any atom is 0.270 e. The van der Waals surface area contributed by atoms with Gasteiger partial charge in [-0.25, -0.2) is 0 Å². The third kappa shape index (κ3) is 3.03. The number of nitrogens with one attached hydrogen (secondary N) is 1. The lowest BCUT2D eigenvalue weighted by Gasteiger charge is -2.10. The number of carbonyl (C=O) groups is 1. The molecule has 2 N–H and O–H groups in total. The van der Waals surface area contributed by atoms with E-state index in [9.17, 15) is 14.9 Å². The van der Waals surface area contributed by atoms with Crippen LogP contribution in [0.15, 0.2) is 24.3 Å². The summed E-state index contributed by atoms with van der Waals surface area (Å²) in [5.74, 6) is -0.440. The number of hydrogen-bond acceptors (Lipinski definition) is 4. The maximum atomic E-state index is 11.5. The molecule has 6 nitrogen and oxygen atoms in total. The van der Waals surface area contributed by atoms with Crippen LogP contribution in [0.3, 0.4) is 0 Å². The zero-order valence-electron chi connectivity index (χ0n) is 8.71. The van der Waals surface area contributed by atoms with Crippen molar-refractivity contribution in [1.29, 1.82) is 0 Å². The molecule has 0 aliphatic carbocycles. The van der Waals surface area contributed by atoms with Gasteiger partial charge in [0.2, 0.25) is 0 Å². The smallest absolute Gasteiger partial charge is 0.270 e. The van der Waals surface area contributed by atoms with Crippen LogP contribution in [-0.4, -0.2) is 28.6 Å². The minimum atomic E-state index is -0.563. The number of carbonyl (C=O) groups excluding carboxylic acids is 1. The molecule has 0 aliphatic rings. The Labute approximate surface area is 92.0 Å². The number of nitro benzene ring substituents is 1. The lowest BCUT2D eigenvalue weighted by atomic mass is 10.2. The van der Waals surface area contributed by atoms with Crippen molar-refractivity contribution in [2.45, 2.75) is 13.0 Å². The van der Waals surface area contributed by atoms with E-state index in [1.54, 1.807) is 6.92 Å². The largest absolute Gasteiger partial charge is 0.394 e. The van der Waals surface area contributed by atoms with Crippen molar-refractivity contribution in [3.8, 4) is 0 Å². The minimum Gasteiger partial charge on any atom is -0.394 e. The molecule has 0 aromatic heterocycles. The summed E-state index contributed by atoms with van der Waals surface area (Å²) in [6.45, 7) is 1.45. The van der Waals surface area contributed by atoms with Crippen molar-refractivity contribution in [1.82, 2.24) is 5.32 Å². The van der Waals surface area contributed by atoms with E-state index in [0.717, 1.165) is 0 Å². The Hall–Kier alpha value is -1.95. The van der Waals surface area contributed by atoms with Gasteiger partial charge in [0.1, 0.15) is 0 Å². The number of aliphatic hydroxyl groups excluding tert-OH is 1. The molecule has 0 saturated carbocycles. The lowest BCUT2D eigenvalue weighted by Crippen LogP contribution is -2.34. The highest BCUT2D eigenvalue weighted by molar-refractivity contribution is 5.94. The van der Waals surface area contributed by atoms with Crippen LogP contribution >= 0.6 is 0 Å². The highest BCUT2D eigenvalue weighted by Crippen LogP contribution is 2.12. The van der Waals surface area contributed by atoms with Gasteiger partial charge < -0.3 is 10.4 Å². The normalized spacial score (nSPS) is 11.9. The van der Waals surface area contributed by atoms with E-state index in [2.05, 4.69) is 5.32 Å². The van der Waals surface area contributed by atoms with E-state index >= 15 is 0 Å². The van der Waals surface area contributed by atoms with Gasteiger partial charge in [-0.2, -0.15) is 0 Å². The molecular formula is C10H12N2O4. The minimum absolute atomic E-state index is 0.135. The Morgan fingerprint density at radius 3 is 2.88 bits per heavy atom. The molecular weight excluding hydrogens is 212 g/mol. The highest BCUT2D eigenvalue weighted by Gasteiger charge is 2.12. The molecule has 0 spiro atoms. The number of hydrogen-bond donors (Lipinski definition) is 2. The molecule has 0 fully saturated rings. The third-order valence-electron chi connectivity index (χ3n) is 1.97. The first-order valence-corrected chi connectivity index (χ1v) is 4.70. The second-order valence-electron chi connectivity index (χ2n) is 3.36. The van der Waals surface area contributed by atoms with Crippen molar-refractivity contribution in [2.24, 2.45) is 0 Å². The molecule has 0 bridgehead atoms. The second-order valence-corrected chi connectivity index (χ2v) is 3.36. The van der Waals surface area contributed by atoms with Crippen molar-refractivity contribution < 1.29 is 14.8 Å². The van der Waals surface area contributed by atoms with Gasteiger partial charge in [0.05, 0.1) is 11.5 Å². The molecule has 1 aromatic carbocycles. The average molecular weight is 224 g/mol. The molecule has 6 heteroatoms. The fourth-order valence-electron chi connectivity index (χ4n) is 1.11. The van der Waals surface area contributed by atoms with Gasteiger partial charge in [0.15, 0.2) is 0 Å². The molecule has 0 aliphatic heterocycles. The summed E-state index contributed by atoms with van der Waals surface area (Å²) < 4.78 is 0. The van der Waals surface area contributed by atoms with E-state index in [-0.39, 0.29) is 23.9 Å². The van der Waals surface area contributed by atoms with Gasteiger partial charge in [0, 0.05) is 23.7 Å². The monoisotopic (exact) mass is 224 g/mol. The molecule has 1 amide bonds. The van der Waals surface area contributed by atoms with Crippen molar-refractivity contribution in [3.63, 3.8) is 0 Å². The first-order valence-electron chi connectivity index (χ1n) is 4.70. The maximum absolute atomic E-state index is 11.5. The molecule has 1 rings (SSSR count). The Morgan fingerprint density at radius 2 is 2.31 bits per heavy atom. The third-order valence-corrected chi connectivity index (χ3v) is 1.97. The number of aliphatic hydroxyl groups is 1. The van der Waals surface area contributed by atoms with Crippen LogP contribution in [0.5, 0.6) is 0 Å². The van der Waals surface area contributed by atoms with E-state index in [1.807, 2.05) is 0 Å². The molecule has 0 saturated heterocycles. The average Bonchev–Trinajstić information content (AvgIpc) is 2.28. The van der Waals surface area contributed by atoms with Gasteiger partial charge >= 0.3 is 0 Å². The quantitative estimate of drug-likeness (QED) is 0.581. The van der Waals surface area contributed by atoms with Crippen LogP contribution in [0.2, 0.25) is 0 Å². The van der Waals surface area contributed by atoms with E-state index in [0.29, 0.717) is 0 Å². The number of rotatable bonds is 4. The predicted molar refractivity (Wildman–Crippen MR) is 57.1 cm³/mol. The first-order chi connectivity index (χ1) is 7.54. The molecule has 0 radical (unpaired) electrons. The topological polar surface area (TPSA) is 92.5 Å². The molecule has 16 heavy (non-hydrogen) atoms. The van der Waals surface area contributed by atoms with E-state index in [1.165, 1.54) is 24.3 Å². The fraction of sp³-hybridized carbons (Fsp3) is 0.300. The molecule has 0 heterocycles. The fourth-order valence-corrected chi connectivity index (χ4v) is 1.11. The Bertz CT molecular complexity index is 406. The first kappa shape index (κ1) is 12.1. The summed E-state index contributed by atoms with van der Waals surface area (Å²) in [6.07, 6.45) is 0. The zero-order chi connectivity index (χ0) is 12.1. The van der Waals surface area contributed by atoms with Crippen LogP contribution in [0.4, 0.5) is 5.69 Å². The molecule has 1 aromatic rings. The summed E-state index contributed by atoms with van der Waals surface area (Å²) in [5, 5.41) is 21.7. The van der Waals surface area contributed by atoms with Crippen LogP contribution in [-0.2, 0) is 0 Å². The number of nitrogens with zero attached hydrogens (tertiary/aromatic N) is 1. The van der Waals surface area contributed by atoms with E-state index < -0.39 is 10.8 Å². The number of non-ortho nitro benzene ring substituents is 1. The summed E-state index contributed by atoms with van der Waals surface area (Å²) in [6, 6.07) is 5.04. The summed E-state index contributed by atoms with van der Waals surface area (Å²) in [5.41, 5.74) is 0.0683. The standard InChI is InChI=1S/C10H12N2O4/c1-7(6-13)11-10(14)8-3-2-4-9(5-8)12(15)16/h2-5,7,13H,6H2,1H3,(H,11,14)/t7-/m0/s1. The van der Waals surface area contributed by atoms with Gasteiger partial charge in [0.25, 0.3) is 11.6 Å². The van der Waals surface area contributed by atoms with Crippen LogP contribution in [0.1, 0.15) is 17.3 Å². The Kier molecular flexibility index (Phi) is 3.96. The van der Waals surface area contributed by atoms with Crippen molar-refractivity contribution in [2.75, 3.05) is 6.61 Å². The lowest BCUT2D eigenvalue weighted by molar-refractivity contribution is -0.384. The molecule has 1 atom stereocenters. The summed E-state index contributed by atoms with van der Waals surface area (Å²) >= 11 is 0. The SMILES string of the molecule is C[C@@H](CO)NC(=O)c1cccc([N+](=O)[O-])c1. The Balaban J connectivity index is 2.83. The molecule has 0 unspecified atom stereocenters. The highest BCUT2D eigenvalue weighted by atomic mass is 16.6. The summed E-state index contributed by atoms with van der Waals surface area (Å²) in [7, 11) is 0. The predicted octanol–water partition coefficient (Wildman–Crippen LogP) is 0.705. The second kappa shape index (κ2) is 5.22. The summed E-state index contributed by atoms with van der Waals surface area (Å²) in [4.78, 5) is 21.5.